The molecule has 0 amide bonds. The summed E-state index contributed by atoms with van der Waals surface area (Å²) in [7, 11) is 0. The van der Waals surface area contributed by atoms with E-state index in [1.54, 1.807) is 0 Å². The van der Waals surface area contributed by atoms with Gasteiger partial charge < -0.3 is 5.32 Å². The Kier molecular flexibility index (Phi) is 5.49. The molecule has 1 aliphatic rings. The van der Waals surface area contributed by atoms with Crippen LogP contribution < -0.4 is 5.32 Å². The number of rotatable bonds is 5. The highest BCUT2D eigenvalue weighted by Gasteiger charge is 2.18. The third kappa shape index (κ3) is 3.97. The molecule has 1 saturated heterocycles. The molecule has 0 saturated carbocycles. The van der Waals surface area contributed by atoms with Crippen LogP contribution in [0.3, 0.4) is 0 Å². The fraction of sp³-hybridized carbons (Fsp3) is 1.00. The van der Waals surface area contributed by atoms with E-state index in [-0.39, 0.29) is 0 Å². The third-order valence-corrected chi connectivity index (χ3v) is 3.21. The third-order valence-electron chi connectivity index (χ3n) is 3.21. The molecule has 1 aliphatic heterocycles. The Labute approximate surface area is 89.1 Å². The molecule has 0 aromatic rings. The molecule has 0 aromatic carbocycles. The van der Waals surface area contributed by atoms with Gasteiger partial charge in [0.05, 0.1) is 6.17 Å². The van der Waals surface area contributed by atoms with Gasteiger partial charge in [0.15, 0.2) is 0 Å². The van der Waals surface area contributed by atoms with Crippen molar-refractivity contribution in [2.24, 2.45) is 5.92 Å². The molecule has 2 atom stereocenters. The van der Waals surface area contributed by atoms with Gasteiger partial charge in [-0.05, 0) is 32.2 Å². The molecular weight excluding hydrogens is 172 g/mol. The molecule has 2 heteroatoms. The van der Waals surface area contributed by atoms with E-state index in [0.717, 1.165) is 5.92 Å². The van der Waals surface area contributed by atoms with Crippen molar-refractivity contribution in [3.8, 4) is 0 Å². The summed E-state index contributed by atoms with van der Waals surface area (Å²) in [6, 6.07) is 0. The summed E-state index contributed by atoms with van der Waals surface area (Å²) in [5, 5.41) is 3.52. The lowest BCUT2D eigenvalue weighted by atomic mass is 10.0. The molecule has 0 spiro atoms. The van der Waals surface area contributed by atoms with Crippen LogP contribution in [-0.2, 0) is 0 Å². The van der Waals surface area contributed by atoms with Crippen LogP contribution in [0.25, 0.3) is 0 Å². The summed E-state index contributed by atoms with van der Waals surface area (Å²) in [5.41, 5.74) is 0. The van der Waals surface area contributed by atoms with Gasteiger partial charge in [-0.1, -0.05) is 26.7 Å². The van der Waals surface area contributed by atoms with Crippen LogP contribution in [-0.4, -0.2) is 30.7 Å². The second-order valence-corrected chi connectivity index (χ2v) is 4.73. The van der Waals surface area contributed by atoms with Gasteiger partial charge in [0.25, 0.3) is 0 Å². The lowest BCUT2D eigenvalue weighted by molar-refractivity contribution is 0.122. The molecule has 84 valence electrons. The van der Waals surface area contributed by atoms with Gasteiger partial charge in [0, 0.05) is 13.1 Å². The fourth-order valence-corrected chi connectivity index (χ4v) is 2.21. The minimum atomic E-state index is 0.591. The van der Waals surface area contributed by atoms with E-state index in [1.165, 1.54) is 45.3 Å². The molecule has 1 heterocycles. The van der Waals surface area contributed by atoms with Crippen LogP contribution in [0, 0.1) is 5.92 Å². The number of hydrogen-bond acceptors (Lipinski definition) is 2. The van der Waals surface area contributed by atoms with Gasteiger partial charge in [-0.25, -0.2) is 0 Å². The van der Waals surface area contributed by atoms with Crippen molar-refractivity contribution in [2.75, 3.05) is 19.6 Å². The normalized spacial score (nSPS) is 26.4. The van der Waals surface area contributed by atoms with E-state index in [2.05, 4.69) is 31.0 Å². The van der Waals surface area contributed by atoms with E-state index in [1.807, 2.05) is 0 Å². The van der Waals surface area contributed by atoms with Crippen LogP contribution in [0.4, 0.5) is 0 Å². The smallest absolute Gasteiger partial charge is 0.0568 e. The lowest BCUT2D eigenvalue weighted by Crippen LogP contribution is -2.50. The molecule has 1 rings (SSSR count). The van der Waals surface area contributed by atoms with Gasteiger partial charge in [0.2, 0.25) is 0 Å². The number of nitrogens with zero attached hydrogens (tertiary/aromatic N) is 1. The Morgan fingerprint density at radius 2 is 2.29 bits per heavy atom. The second kappa shape index (κ2) is 6.41. The van der Waals surface area contributed by atoms with Crippen molar-refractivity contribution in [1.29, 1.82) is 0 Å². The monoisotopic (exact) mass is 198 g/mol. The molecule has 2 unspecified atom stereocenters. The van der Waals surface area contributed by atoms with Crippen LogP contribution >= 0.6 is 0 Å². The summed E-state index contributed by atoms with van der Waals surface area (Å²) >= 11 is 0. The second-order valence-electron chi connectivity index (χ2n) is 4.73. The zero-order valence-corrected chi connectivity index (χ0v) is 10.1. The topological polar surface area (TPSA) is 15.3 Å². The predicted molar refractivity (Wildman–Crippen MR) is 62.3 cm³/mol. The van der Waals surface area contributed by atoms with Crippen LogP contribution in [0.15, 0.2) is 0 Å². The van der Waals surface area contributed by atoms with Crippen molar-refractivity contribution in [3.05, 3.63) is 0 Å². The Balaban J connectivity index is 2.20. The Morgan fingerprint density at radius 1 is 1.50 bits per heavy atom. The van der Waals surface area contributed by atoms with E-state index in [4.69, 9.17) is 0 Å². The maximum absolute atomic E-state index is 3.52. The first-order valence-electron chi connectivity index (χ1n) is 6.21. The number of hydrogen-bond donors (Lipinski definition) is 1. The SMILES string of the molecule is CCCCC(C)CN1CCCNC1C. The average molecular weight is 198 g/mol. The quantitative estimate of drug-likeness (QED) is 0.730. The fourth-order valence-electron chi connectivity index (χ4n) is 2.21. The van der Waals surface area contributed by atoms with E-state index >= 15 is 0 Å². The lowest BCUT2D eigenvalue weighted by Gasteiger charge is -2.35. The van der Waals surface area contributed by atoms with Gasteiger partial charge in [-0.15, -0.1) is 0 Å². The van der Waals surface area contributed by atoms with Crippen LogP contribution in [0.2, 0.25) is 0 Å². The largest absolute Gasteiger partial charge is 0.302 e. The molecular formula is C12H26N2. The number of unbranched alkanes of at least 4 members (excludes halogenated alkanes) is 1. The molecule has 14 heavy (non-hydrogen) atoms. The molecule has 2 nitrogen and oxygen atoms in total. The van der Waals surface area contributed by atoms with Crippen molar-refractivity contribution >= 4 is 0 Å². The Hall–Kier alpha value is -0.0800. The van der Waals surface area contributed by atoms with Crippen LogP contribution in [0.1, 0.15) is 46.5 Å². The van der Waals surface area contributed by atoms with Crippen molar-refractivity contribution in [1.82, 2.24) is 10.2 Å². The maximum Gasteiger partial charge on any atom is 0.0568 e. The standard InChI is InChI=1S/C12H26N2/c1-4-5-7-11(2)10-14-9-6-8-13-12(14)3/h11-13H,4-10H2,1-3H3. The van der Waals surface area contributed by atoms with Gasteiger partial charge >= 0.3 is 0 Å². The summed E-state index contributed by atoms with van der Waals surface area (Å²) < 4.78 is 0. The Bertz CT molecular complexity index is 147. The van der Waals surface area contributed by atoms with Gasteiger partial charge in [-0.2, -0.15) is 0 Å². The minimum Gasteiger partial charge on any atom is -0.302 e. The molecule has 0 radical (unpaired) electrons. The predicted octanol–water partition coefficient (Wildman–Crippen LogP) is 2.45. The highest BCUT2D eigenvalue weighted by Crippen LogP contribution is 2.12. The van der Waals surface area contributed by atoms with Crippen molar-refractivity contribution < 1.29 is 0 Å². The molecule has 1 fully saturated rings. The maximum atomic E-state index is 3.52. The first-order valence-corrected chi connectivity index (χ1v) is 6.21. The van der Waals surface area contributed by atoms with Crippen LogP contribution in [0.5, 0.6) is 0 Å². The zero-order valence-electron chi connectivity index (χ0n) is 10.1. The summed E-state index contributed by atoms with van der Waals surface area (Å²) in [6.07, 6.45) is 6.01. The Morgan fingerprint density at radius 3 is 2.93 bits per heavy atom. The van der Waals surface area contributed by atoms with E-state index < -0.39 is 0 Å². The van der Waals surface area contributed by atoms with E-state index in [0.29, 0.717) is 6.17 Å². The summed E-state index contributed by atoms with van der Waals surface area (Å²) in [6.45, 7) is 10.7. The summed E-state index contributed by atoms with van der Waals surface area (Å²) in [5.74, 6) is 0.859. The highest BCUT2D eigenvalue weighted by molar-refractivity contribution is 4.73. The highest BCUT2D eigenvalue weighted by atomic mass is 15.3. The van der Waals surface area contributed by atoms with Crippen molar-refractivity contribution in [3.63, 3.8) is 0 Å². The molecule has 0 aromatic heterocycles. The van der Waals surface area contributed by atoms with Gasteiger partial charge in [0.1, 0.15) is 0 Å². The van der Waals surface area contributed by atoms with Crippen molar-refractivity contribution in [2.45, 2.75) is 52.6 Å². The number of nitrogens with one attached hydrogen (secondary N) is 1. The first kappa shape index (κ1) is 12.0. The summed E-state index contributed by atoms with van der Waals surface area (Å²) in [4.78, 5) is 2.59. The zero-order chi connectivity index (χ0) is 10.4. The minimum absolute atomic E-state index is 0.591. The molecule has 0 aliphatic carbocycles. The first-order chi connectivity index (χ1) is 6.74. The van der Waals surface area contributed by atoms with E-state index in [9.17, 15) is 0 Å². The molecule has 0 bridgehead atoms. The van der Waals surface area contributed by atoms with Gasteiger partial charge in [-0.3, -0.25) is 4.90 Å². The average Bonchev–Trinajstić information content (AvgIpc) is 2.18. The molecule has 1 N–H and O–H groups in total.